The number of thiophene rings is 1. The topological polar surface area (TPSA) is 41.6 Å². The van der Waals surface area contributed by atoms with Gasteiger partial charge in [0.2, 0.25) is 0 Å². The molecule has 0 aliphatic carbocycles. The third kappa shape index (κ3) is 4.69. The number of rotatable bonds is 6. The van der Waals surface area contributed by atoms with Gasteiger partial charge in [-0.15, -0.1) is 11.3 Å². The number of nitrogens with one attached hydrogen (secondary N) is 1. The lowest BCUT2D eigenvalue weighted by Crippen LogP contribution is -2.43. The second-order valence-electron chi connectivity index (χ2n) is 6.40. The van der Waals surface area contributed by atoms with Gasteiger partial charge in [0.15, 0.2) is 0 Å². The molecule has 4 nitrogen and oxygen atoms in total. The number of amides is 1. The van der Waals surface area contributed by atoms with E-state index in [1.54, 1.807) is 11.3 Å². The lowest BCUT2D eigenvalue weighted by molar-refractivity contribution is 0.0332. The SMILES string of the molecule is CCc1cc(C(=O)N[C@H](CN2CCOCC2)c2ccccc2)sc1C. The maximum Gasteiger partial charge on any atom is 0.261 e. The summed E-state index contributed by atoms with van der Waals surface area (Å²) in [6.07, 6.45) is 0.964. The fourth-order valence-corrected chi connectivity index (χ4v) is 4.19. The highest BCUT2D eigenvalue weighted by Crippen LogP contribution is 2.23. The van der Waals surface area contributed by atoms with E-state index in [9.17, 15) is 4.79 Å². The molecule has 134 valence electrons. The second kappa shape index (κ2) is 8.61. The van der Waals surface area contributed by atoms with Crippen LogP contribution in [0.25, 0.3) is 0 Å². The summed E-state index contributed by atoms with van der Waals surface area (Å²) < 4.78 is 5.44. The van der Waals surface area contributed by atoms with Crippen LogP contribution in [-0.4, -0.2) is 43.7 Å². The summed E-state index contributed by atoms with van der Waals surface area (Å²) in [5.41, 5.74) is 2.41. The van der Waals surface area contributed by atoms with E-state index < -0.39 is 0 Å². The molecule has 1 atom stereocenters. The van der Waals surface area contributed by atoms with Crippen LogP contribution in [0.4, 0.5) is 0 Å². The number of carbonyl (C=O) groups is 1. The van der Waals surface area contributed by atoms with Crippen LogP contribution in [-0.2, 0) is 11.2 Å². The van der Waals surface area contributed by atoms with Crippen molar-refractivity contribution in [2.75, 3.05) is 32.8 Å². The first kappa shape index (κ1) is 18.1. The fraction of sp³-hybridized carbons (Fsp3) is 0.450. The van der Waals surface area contributed by atoms with Crippen LogP contribution >= 0.6 is 11.3 Å². The van der Waals surface area contributed by atoms with Crippen LogP contribution in [0, 0.1) is 6.92 Å². The van der Waals surface area contributed by atoms with Crippen LogP contribution in [0.2, 0.25) is 0 Å². The first-order valence-corrected chi connectivity index (χ1v) is 9.74. The van der Waals surface area contributed by atoms with E-state index >= 15 is 0 Å². The summed E-state index contributed by atoms with van der Waals surface area (Å²) in [5, 5.41) is 3.25. The van der Waals surface area contributed by atoms with Gasteiger partial charge in [0.05, 0.1) is 24.1 Å². The number of hydrogen-bond donors (Lipinski definition) is 1. The van der Waals surface area contributed by atoms with Gasteiger partial charge in [0.25, 0.3) is 5.91 Å². The number of aryl methyl sites for hydroxylation is 2. The van der Waals surface area contributed by atoms with Gasteiger partial charge < -0.3 is 10.1 Å². The van der Waals surface area contributed by atoms with E-state index in [0.717, 1.165) is 49.7 Å². The monoisotopic (exact) mass is 358 g/mol. The van der Waals surface area contributed by atoms with Gasteiger partial charge in [-0.1, -0.05) is 37.3 Å². The molecule has 1 N–H and O–H groups in total. The van der Waals surface area contributed by atoms with E-state index in [-0.39, 0.29) is 11.9 Å². The summed E-state index contributed by atoms with van der Waals surface area (Å²) in [7, 11) is 0. The summed E-state index contributed by atoms with van der Waals surface area (Å²) in [6, 6.07) is 12.3. The van der Waals surface area contributed by atoms with Gasteiger partial charge in [-0.25, -0.2) is 0 Å². The molecule has 3 rings (SSSR count). The van der Waals surface area contributed by atoms with Crippen LogP contribution in [0.15, 0.2) is 36.4 Å². The molecule has 0 saturated carbocycles. The predicted octanol–water partition coefficient (Wildman–Crippen LogP) is 3.42. The Labute approximate surface area is 153 Å². The van der Waals surface area contributed by atoms with Crippen LogP contribution in [0.5, 0.6) is 0 Å². The number of nitrogens with zero attached hydrogens (tertiary/aromatic N) is 1. The second-order valence-corrected chi connectivity index (χ2v) is 7.65. The average molecular weight is 359 g/mol. The molecule has 0 spiro atoms. The molecule has 1 aliphatic rings. The number of carbonyl (C=O) groups excluding carboxylic acids is 1. The summed E-state index contributed by atoms with van der Waals surface area (Å²) in [5.74, 6) is 0.0231. The zero-order chi connectivity index (χ0) is 17.6. The van der Waals surface area contributed by atoms with Crippen LogP contribution in [0.3, 0.4) is 0 Å². The molecule has 1 amide bonds. The van der Waals surface area contributed by atoms with E-state index in [4.69, 9.17) is 4.74 Å². The lowest BCUT2D eigenvalue weighted by atomic mass is 10.1. The van der Waals surface area contributed by atoms with E-state index in [1.165, 1.54) is 10.4 Å². The Kier molecular flexibility index (Phi) is 6.24. The van der Waals surface area contributed by atoms with Crippen LogP contribution < -0.4 is 5.32 Å². The molecule has 1 aliphatic heterocycles. The molecule has 0 unspecified atom stereocenters. The minimum Gasteiger partial charge on any atom is -0.379 e. The van der Waals surface area contributed by atoms with Crippen molar-refractivity contribution in [3.05, 3.63) is 57.3 Å². The Morgan fingerprint density at radius 2 is 2.00 bits per heavy atom. The zero-order valence-corrected chi connectivity index (χ0v) is 15.8. The van der Waals surface area contributed by atoms with Crippen molar-refractivity contribution in [1.82, 2.24) is 10.2 Å². The van der Waals surface area contributed by atoms with E-state index in [0.29, 0.717) is 0 Å². The minimum atomic E-state index is -0.0146. The smallest absolute Gasteiger partial charge is 0.261 e. The first-order chi connectivity index (χ1) is 12.2. The number of ether oxygens (including phenoxy) is 1. The molecular weight excluding hydrogens is 332 g/mol. The third-order valence-electron chi connectivity index (χ3n) is 4.68. The maximum atomic E-state index is 12.8. The first-order valence-electron chi connectivity index (χ1n) is 8.92. The van der Waals surface area contributed by atoms with Gasteiger partial charge in [0, 0.05) is 24.5 Å². The molecule has 1 aromatic carbocycles. The summed E-state index contributed by atoms with van der Waals surface area (Å²) in [4.78, 5) is 17.2. The van der Waals surface area contributed by atoms with Gasteiger partial charge in [-0.3, -0.25) is 9.69 Å². The molecule has 1 saturated heterocycles. The molecule has 25 heavy (non-hydrogen) atoms. The number of hydrogen-bond acceptors (Lipinski definition) is 4. The maximum absolute atomic E-state index is 12.8. The molecule has 1 aromatic heterocycles. The lowest BCUT2D eigenvalue weighted by Gasteiger charge is -2.31. The van der Waals surface area contributed by atoms with Gasteiger partial charge in [-0.2, -0.15) is 0 Å². The predicted molar refractivity (Wildman–Crippen MR) is 102 cm³/mol. The van der Waals surface area contributed by atoms with Gasteiger partial charge in [-0.05, 0) is 30.5 Å². The number of morpholine rings is 1. The summed E-state index contributed by atoms with van der Waals surface area (Å²) in [6.45, 7) is 8.38. The zero-order valence-electron chi connectivity index (χ0n) is 15.0. The van der Waals surface area contributed by atoms with Crippen molar-refractivity contribution in [2.24, 2.45) is 0 Å². The standard InChI is InChI=1S/C20H26N2O2S/c1-3-16-13-19(25-15(16)2)20(23)21-18(17-7-5-4-6-8-17)14-22-9-11-24-12-10-22/h4-8,13,18H,3,9-12,14H2,1-2H3,(H,21,23)/t18-/m1/s1. The van der Waals surface area contributed by atoms with Crippen molar-refractivity contribution >= 4 is 17.2 Å². The normalized spacial score (nSPS) is 16.6. The third-order valence-corrected chi connectivity index (χ3v) is 5.77. The van der Waals surface area contributed by atoms with Gasteiger partial charge >= 0.3 is 0 Å². The fourth-order valence-electron chi connectivity index (χ4n) is 3.17. The van der Waals surface area contributed by atoms with Crippen molar-refractivity contribution in [3.8, 4) is 0 Å². The highest BCUT2D eigenvalue weighted by Gasteiger charge is 2.21. The molecule has 1 fully saturated rings. The molecule has 0 bridgehead atoms. The Bertz CT molecular complexity index is 693. The summed E-state index contributed by atoms with van der Waals surface area (Å²) >= 11 is 1.58. The average Bonchev–Trinajstić information content (AvgIpc) is 3.04. The Morgan fingerprint density at radius 3 is 2.64 bits per heavy atom. The van der Waals surface area contributed by atoms with Crippen molar-refractivity contribution < 1.29 is 9.53 Å². The molecule has 0 radical (unpaired) electrons. The Morgan fingerprint density at radius 1 is 1.28 bits per heavy atom. The molecule has 2 heterocycles. The van der Waals surface area contributed by atoms with Crippen molar-refractivity contribution in [1.29, 1.82) is 0 Å². The molecule has 2 aromatic rings. The minimum absolute atomic E-state index is 0.0146. The largest absolute Gasteiger partial charge is 0.379 e. The Hall–Kier alpha value is -1.69. The van der Waals surface area contributed by atoms with E-state index in [2.05, 4.69) is 36.2 Å². The number of benzene rings is 1. The molecule has 5 heteroatoms. The van der Waals surface area contributed by atoms with Crippen LogP contribution in [0.1, 0.15) is 38.6 Å². The Balaban J connectivity index is 1.75. The van der Waals surface area contributed by atoms with Crippen molar-refractivity contribution in [3.63, 3.8) is 0 Å². The van der Waals surface area contributed by atoms with E-state index in [1.807, 2.05) is 24.3 Å². The molecular formula is C20H26N2O2S. The van der Waals surface area contributed by atoms with Gasteiger partial charge in [0.1, 0.15) is 0 Å². The highest BCUT2D eigenvalue weighted by molar-refractivity contribution is 7.14. The quantitative estimate of drug-likeness (QED) is 0.860. The highest BCUT2D eigenvalue weighted by atomic mass is 32.1. The van der Waals surface area contributed by atoms with Crippen molar-refractivity contribution in [2.45, 2.75) is 26.3 Å².